The Labute approximate surface area is 155 Å². The first kappa shape index (κ1) is 17.7. The molecule has 5 fully saturated rings. The molecule has 1 amide bonds. The van der Waals surface area contributed by atoms with Gasteiger partial charge in [0, 0.05) is 6.20 Å². The number of carbonyl (C=O) groups excluding carboxylic acids is 1. The van der Waals surface area contributed by atoms with Gasteiger partial charge in [0.05, 0.1) is 23.5 Å². The van der Waals surface area contributed by atoms with Gasteiger partial charge < -0.3 is 16.2 Å². The summed E-state index contributed by atoms with van der Waals surface area (Å²) in [7, 11) is 0. The van der Waals surface area contributed by atoms with Crippen LogP contribution in [0.5, 0.6) is 0 Å². The highest BCUT2D eigenvalue weighted by atomic mass is 16.5. The second kappa shape index (κ2) is 7.51. The molecule has 1 heterocycles. The van der Waals surface area contributed by atoms with Crippen molar-refractivity contribution in [1.29, 1.82) is 0 Å². The molecule has 2 bridgehead atoms. The maximum absolute atomic E-state index is 11.2. The number of carbonyl (C=O) groups is 1. The quantitative estimate of drug-likeness (QED) is 0.842. The van der Waals surface area contributed by atoms with Gasteiger partial charge in [-0.3, -0.25) is 4.79 Å². The molecule has 5 aliphatic rings. The number of nitrogen functional groups attached to an aromatic ring is 1. The van der Waals surface area contributed by atoms with E-state index in [1.54, 1.807) is 0 Å². The molecule has 6 heteroatoms. The monoisotopic (exact) mass is 358 g/mol. The van der Waals surface area contributed by atoms with Gasteiger partial charge in [-0.15, -0.1) is 0 Å². The number of anilines is 1. The molecule has 26 heavy (non-hydrogen) atoms. The number of amides is 1. The maximum Gasteiger partial charge on any atom is 0.252 e. The van der Waals surface area contributed by atoms with Crippen molar-refractivity contribution < 1.29 is 9.53 Å². The first-order chi connectivity index (χ1) is 12.6. The van der Waals surface area contributed by atoms with Crippen molar-refractivity contribution in [3.05, 3.63) is 17.5 Å². The SMILES string of the molecule is C1CCC(OC2CC2)CC1.NC(=O)c1cnc(N)nc1CC1C2CC1C2. The van der Waals surface area contributed by atoms with E-state index < -0.39 is 5.91 Å². The largest absolute Gasteiger partial charge is 0.375 e. The van der Waals surface area contributed by atoms with Gasteiger partial charge in [0.25, 0.3) is 5.91 Å². The highest BCUT2D eigenvalue weighted by Gasteiger charge is 2.52. The molecule has 0 aromatic carbocycles. The van der Waals surface area contributed by atoms with Gasteiger partial charge in [-0.1, -0.05) is 19.3 Å². The van der Waals surface area contributed by atoms with Crippen molar-refractivity contribution in [1.82, 2.24) is 9.97 Å². The number of hydrogen-bond donors (Lipinski definition) is 2. The van der Waals surface area contributed by atoms with Crippen molar-refractivity contribution in [2.75, 3.05) is 5.73 Å². The fraction of sp³-hybridized carbons (Fsp3) is 0.750. The summed E-state index contributed by atoms with van der Waals surface area (Å²) in [5, 5.41) is 0. The average Bonchev–Trinajstić information content (AvgIpc) is 3.36. The lowest BCUT2D eigenvalue weighted by Crippen LogP contribution is -2.51. The predicted molar refractivity (Wildman–Crippen MR) is 99.4 cm³/mol. The van der Waals surface area contributed by atoms with E-state index in [4.69, 9.17) is 16.2 Å². The van der Waals surface area contributed by atoms with Crippen LogP contribution in [-0.4, -0.2) is 28.1 Å². The number of ether oxygens (including phenoxy) is 1. The highest BCUT2D eigenvalue weighted by molar-refractivity contribution is 5.93. The summed E-state index contributed by atoms with van der Waals surface area (Å²) in [6, 6.07) is 0. The third kappa shape index (κ3) is 4.00. The van der Waals surface area contributed by atoms with E-state index in [0.29, 0.717) is 23.7 Å². The lowest BCUT2D eigenvalue weighted by atomic mass is 9.47. The van der Waals surface area contributed by atoms with Gasteiger partial charge >= 0.3 is 0 Å². The summed E-state index contributed by atoms with van der Waals surface area (Å²) in [5.41, 5.74) is 12.0. The molecule has 0 spiro atoms. The second-order valence-corrected chi connectivity index (χ2v) is 8.41. The first-order valence-electron chi connectivity index (χ1n) is 10.2. The Morgan fingerprint density at radius 1 is 1.08 bits per heavy atom. The zero-order chi connectivity index (χ0) is 18.1. The van der Waals surface area contributed by atoms with E-state index in [-0.39, 0.29) is 5.95 Å². The number of nitrogens with zero attached hydrogens (tertiary/aromatic N) is 2. The van der Waals surface area contributed by atoms with Crippen LogP contribution in [0.4, 0.5) is 5.95 Å². The molecule has 0 saturated heterocycles. The van der Waals surface area contributed by atoms with Gasteiger partial charge in [-0.25, -0.2) is 9.97 Å². The van der Waals surface area contributed by atoms with Crippen LogP contribution < -0.4 is 11.5 Å². The minimum Gasteiger partial charge on any atom is -0.375 e. The molecular weight excluding hydrogens is 328 g/mol. The fourth-order valence-electron chi connectivity index (χ4n) is 4.43. The summed E-state index contributed by atoms with van der Waals surface area (Å²) < 4.78 is 5.80. The van der Waals surface area contributed by atoms with Crippen molar-refractivity contribution >= 4 is 11.9 Å². The van der Waals surface area contributed by atoms with Crippen molar-refractivity contribution in [2.24, 2.45) is 23.5 Å². The van der Waals surface area contributed by atoms with Gasteiger partial charge in [-0.05, 0) is 62.7 Å². The molecule has 4 N–H and O–H groups in total. The number of hydrogen-bond acceptors (Lipinski definition) is 5. The molecule has 0 atom stereocenters. The standard InChI is InChI=1S/C11H14N4O.C9H16O/c12-10(16)8-4-14-11(13)15-9(8)3-7-5-1-6(7)2-5;1-2-4-8(5-3-1)10-9-6-7-9/h4-7H,1-3H2,(H2,12,16)(H2,13,14,15);8-9H,1-7H2. The molecule has 0 radical (unpaired) electrons. The predicted octanol–water partition coefficient (Wildman–Crippen LogP) is 2.85. The Morgan fingerprint density at radius 2 is 1.73 bits per heavy atom. The maximum atomic E-state index is 11.2. The van der Waals surface area contributed by atoms with E-state index >= 15 is 0 Å². The van der Waals surface area contributed by atoms with Crippen molar-refractivity contribution in [2.45, 2.75) is 76.4 Å². The fourth-order valence-corrected chi connectivity index (χ4v) is 4.43. The van der Waals surface area contributed by atoms with Crippen LogP contribution in [0, 0.1) is 17.8 Å². The van der Waals surface area contributed by atoms with Crippen LogP contribution in [0.25, 0.3) is 0 Å². The first-order valence-corrected chi connectivity index (χ1v) is 10.2. The van der Waals surface area contributed by atoms with Crippen molar-refractivity contribution in [3.8, 4) is 0 Å². The zero-order valence-corrected chi connectivity index (χ0v) is 15.4. The van der Waals surface area contributed by atoms with Crippen molar-refractivity contribution in [3.63, 3.8) is 0 Å². The summed E-state index contributed by atoms with van der Waals surface area (Å²) in [6.45, 7) is 0. The minimum absolute atomic E-state index is 0.216. The van der Waals surface area contributed by atoms with E-state index in [1.807, 2.05) is 0 Å². The topological polar surface area (TPSA) is 104 Å². The summed E-state index contributed by atoms with van der Waals surface area (Å²) in [4.78, 5) is 19.2. The normalized spacial score (nSPS) is 29.8. The summed E-state index contributed by atoms with van der Waals surface area (Å²) in [6.07, 6.45) is 15.8. The van der Waals surface area contributed by atoms with Crippen LogP contribution in [0.3, 0.4) is 0 Å². The van der Waals surface area contributed by atoms with Crippen LogP contribution in [0.2, 0.25) is 0 Å². The smallest absolute Gasteiger partial charge is 0.252 e. The number of rotatable bonds is 5. The molecule has 1 aromatic heterocycles. The Bertz CT molecular complexity index is 641. The Kier molecular flexibility index (Phi) is 5.11. The summed E-state index contributed by atoms with van der Waals surface area (Å²) in [5.74, 6) is 2.10. The number of primary amides is 1. The Balaban J connectivity index is 0.000000144. The zero-order valence-electron chi connectivity index (χ0n) is 15.4. The second-order valence-electron chi connectivity index (χ2n) is 8.41. The minimum atomic E-state index is -0.469. The highest BCUT2D eigenvalue weighted by Crippen LogP contribution is 2.59. The van der Waals surface area contributed by atoms with Gasteiger partial charge in [-0.2, -0.15) is 0 Å². The molecule has 0 unspecified atom stereocenters. The Morgan fingerprint density at radius 3 is 2.27 bits per heavy atom. The Hall–Kier alpha value is -1.69. The van der Waals surface area contributed by atoms with E-state index in [9.17, 15) is 4.79 Å². The molecule has 5 aliphatic carbocycles. The number of nitrogens with two attached hydrogens (primary N) is 2. The van der Waals surface area contributed by atoms with Gasteiger partial charge in [0.15, 0.2) is 0 Å². The third-order valence-electron chi connectivity index (χ3n) is 6.46. The molecule has 6 nitrogen and oxygen atoms in total. The van der Waals surface area contributed by atoms with Crippen LogP contribution in [0.15, 0.2) is 6.20 Å². The molecule has 1 aromatic rings. The molecule has 5 saturated carbocycles. The van der Waals surface area contributed by atoms with Crippen LogP contribution in [0.1, 0.15) is 73.8 Å². The molecule has 6 rings (SSSR count). The molecule has 142 valence electrons. The molecular formula is C20H30N4O2. The van der Waals surface area contributed by atoms with Gasteiger partial charge in [0.2, 0.25) is 5.95 Å². The third-order valence-corrected chi connectivity index (χ3v) is 6.46. The van der Waals surface area contributed by atoms with Crippen LogP contribution >= 0.6 is 0 Å². The lowest BCUT2D eigenvalue weighted by molar-refractivity contribution is -0.0800. The molecule has 0 aliphatic heterocycles. The van der Waals surface area contributed by atoms with Crippen LogP contribution in [-0.2, 0) is 11.2 Å². The van der Waals surface area contributed by atoms with E-state index in [1.165, 1.54) is 64.0 Å². The van der Waals surface area contributed by atoms with Gasteiger partial charge in [0.1, 0.15) is 0 Å². The van der Waals surface area contributed by atoms with E-state index in [0.717, 1.165) is 24.0 Å². The number of aromatic nitrogens is 2. The summed E-state index contributed by atoms with van der Waals surface area (Å²) >= 11 is 0. The van der Waals surface area contributed by atoms with E-state index in [2.05, 4.69) is 9.97 Å². The average molecular weight is 358 g/mol. The lowest BCUT2D eigenvalue weighted by Gasteiger charge is -2.58.